The van der Waals surface area contributed by atoms with Crippen molar-refractivity contribution in [2.45, 2.75) is 25.7 Å². The van der Waals surface area contributed by atoms with Crippen LogP contribution in [0.3, 0.4) is 0 Å². The van der Waals surface area contributed by atoms with Crippen molar-refractivity contribution >= 4 is 5.91 Å². The van der Waals surface area contributed by atoms with Crippen LogP contribution in [0.4, 0.5) is 0 Å². The van der Waals surface area contributed by atoms with E-state index in [-0.39, 0.29) is 5.91 Å². The molecule has 3 rings (SSSR count). The van der Waals surface area contributed by atoms with Crippen molar-refractivity contribution in [2.24, 2.45) is 5.41 Å². The average molecular weight is 260 g/mol. The Morgan fingerprint density at radius 2 is 1.89 bits per heavy atom. The summed E-state index contributed by atoms with van der Waals surface area (Å²) in [6.45, 7) is 3.96. The van der Waals surface area contributed by atoms with Gasteiger partial charge in [0, 0.05) is 25.5 Å². The van der Waals surface area contributed by atoms with Gasteiger partial charge >= 0.3 is 0 Å². The minimum Gasteiger partial charge on any atom is -0.337 e. The highest BCUT2D eigenvalue weighted by Crippen LogP contribution is 2.39. The summed E-state index contributed by atoms with van der Waals surface area (Å²) < 4.78 is 0. The molecule has 0 bridgehead atoms. The largest absolute Gasteiger partial charge is 0.337 e. The number of likely N-dealkylation sites (tertiary alicyclic amines) is 1. The second kappa shape index (κ2) is 5.25. The van der Waals surface area contributed by atoms with Gasteiger partial charge in [-0.3, -0.25) is 9.78 Å². The third-order valence-electron chi connectivity index (χ3n) is 4.56. The summed E-state index contributed by atoms with van der Waals surface area (Å²) in [5, 5.41) is 3.42. The van der Waals surface area contributed by atoms with Crippen LogP contribution in [0.5, 0.6) is 0 Å². The molecule has 1 amide bonds. The molecule has 1 spiro atoms. The molecule has 19 heavy (non-hydrogen) atoms. The van der Waals surface area contributed by atoms with E-state index in [2.05, 4.69) is 15.3 Å². The molecule has 5 nitrogen and oxygen atoms in total. The first kappa shape index (κ1) is 12.5. The van der Waals surface area contributed by atoms with Crippen LogP contribution >= 0.6 is 0 Å². The summed E-state index contributed by atoms with van der Waals surface area (Å²) in [6, 6.07) is 0. The normalized spacial score (nSPS) is 22.4. The Morgan fingerprint density at radius 3 is 2.53 bits per heavy atom. The molecule has 5 heteroatoms. The Bertz CT molecular complexity index is 432. The minimum absolute atomic E-state index is 0.0249. The molecule has 0 atom stereocenters. The van der Waals surface area contributed by atoms with E-state index in [0.717, 1.165) is 39.0 Å². The molecule has 1 aromatic heterocycles. The molecule has 3 heterocycles. The van der Waals surface area contributed by atoms with Crippen molar-refractivity contribution in [3.05, 3.63) is 24.3 Å². The highest BCUT2D eigenvalue weighted by Gasteiger charge is 2.36. The Morgan fingerprint density at radius 1 is 1.16 bits per heavy atom. The summed E-state index contributed by atoms with van der Waals surface area (Å²) in [4.78, 5) is 22.3. The van der Waals surface area contributed by atoms with Crippen LogP contribution in [0.2, 0.25) is 0 Å². The molecule has 0 radical (unpaired) electrons. The van der Waals surface area contributed by atoms with Crippen molar-refractivity contribution in [1.82, 2.24) is 20.2 Å². The van der Waals surface area contributed by atoms with Gasteiger partial charge in [0.15, 0.2) is 0 Å². The highest BCUT2D eigenvalue weighted by atomic mass is 16.2. The molecule has 2 aliphatic heterocycles. The van der Waals surface area contributed by atoms with Crippen LogP contribution in [0, 0.1) is 5.41 Å². The maximum Gasteiger partial charge on any atom is 0.274 e. The number of hydrogen-bond donors (Lipinski definition) is 1. The zero-order chi connectivity index (χ0) is 13.1. The van der Waals surface area contributed by atoms with Crippen LogP contribution < -0.4 is 5.32 Å². The number of piperidine rings is 2. The number of hydrogen-bond acceptors (Lipinski definition) is 4. The second-order valence-corrected chi connectivity index (χ2v) is 5.63. The fourth-order valence-corrected chi connectivity index (χ4v) is 3.21. The fourth-order valence-electron chi connectivity index (χ4n) is 3.21. The summed E-state index contributed by atoms with van der Waals surface area (Å²) >= 11 is 0. The lowest BCUT2D eigenvalue weighted by Gasteiger charge is -2.44. The van der Waals surface area contributed by atoms with Gasteiger partial charge < -0.3 is 10.2 Å². The summed E-state index contributed by atoms with van der Waals surface area (Å²) in [6.07, 6.45) is 9.47. The summed E-state index contributed by atoms with van der Waals surface area (Å²) in [5.41, 5.74) is 0.938. The molecular weight excluding hydrogens is 240 g/mol. The third-order valence-corrected chi connectivity index (χ3v) is 4.56. The first-order valence-corrected chi connectivity index (χ1v) is 7.05. The molecule has 1 N–H and O–H groups in total. The molecular formula is C14H20N4O. The second-order valence-electron chi connectivity index (χ2n) is 5.63. The molecule has 1 aromatic rings. The first-order chi connectivity index (χ1) is 9.29. The zero-order valence-electron chi connectivity index (χ0n) is 11.1. The van der Waals surface area contributed by atoms with E-state index in [1.165, 1.54) is 12.8 Å². The standard InChI is InChI=1S/C14H20N4O/c19-13(12-11-16-7-8-17-12)18-9-3-14(4-10-18)1-5-15-6-2-14/h7-8,11,15H,1-6,9-10H2. The van der Waals surface area contributed by atoms with Crippen molar-refractivity contribution in [1.29, 1.82) is 0 Å². The Hall–Kier alpha value is -1.49. The number of nitrogens with zero attached hydrogens (tertiary/aromatic N) is 3. The number of carbonyl (C=O) groups is 1. The van der Waals surface area contributed by atoms with Gasteiger partial charge in [-0.15, -0.1) is 0 Å². The van der Waals surface area contributed by atoms with E-state index in [1.807, 2.05) is 4.90 Å². The molecule has 2 fully saturated rings. The van der Waals surface area contributed by atoms with Gasteiger partial charge in [0.05, 0.1) is 6.20 Å². The van der Waals surface area contributed by atoms with Crippen molar-refractivity contribution in [3.63, 3.8) is 0 Å². The molecule has 0 aliphatic carbocycles. The lowest BCUT2D eigenvalue weighted by atomic mass is 9.71. The monoisotopic (exact) mass is 260 g/mol. The van der Waals surface area contributed by atoms with Crippen LogP contribution in [0.15, 0.2) is 18.6 Å². The Balaban J connectivity index is 1.62. The Kier molecular flexibility index (Phi) is 3.46. The van der Waals surface area contributed by atoms with E-state index in [4.69, 9.17) is 0 Å². The van der Waals surface area contributed by atoms with Gasteiger partial charge in [0.2, 0.25) is 0 Å². The minimum atomic E-state index is 0.0249. The summed E-state index contributed by atoms with van der Waals surface area (Å²) in [7, 11) is 0. The van der Waals surface area contributed by atoms with Crippen LogP contribution in [-0.2, 0) is 0 Å². The molecule has 0 aromatic carbocycles. The fraction of sp³-hybridized carbons (Fsp3) is 0.643. The van der Waals surface area contributed by atoms with Crippen molar-refractivity contribution in [3.8, 4) is 0 Å². The van der Waals surface area contributed by atoms with Gasteiger partial charge in [0.1, 0.15) is 5.69 Å². The topological polar surface area (TPSA) is 58.1 Å². The highest BCUT2D eigenvalue weighted by molar-refractivity contribution is 5.92. The SMILES string of the molecule is O=C(c1cnccn1)N1CCC2(CCNCC2)CC1. The average Bonchev–Trinajstić information content (AvgIpc) is 2.49. The van der Waals surface area contributed by atoms with Gasteiger partial charge in [-0.1, -0.05) is 0 Å². The molecule has 0 saturated carbocycles. The van der Waals surface area contributed by atoms with Crippen LogP contribution in [0.25, 0.3) is 0 Å². The van der Waals surface area contributed by atoms with Gasteiger partial charge in [0.25, 0.3) is 5.91 Å². The maximum atomic E-state index is 12.3. The van der Waals surface area contributed by atoms with E-state index in [0.29, 0.717) is 11.1 Å². The molecule has 2 aliphatic rings. The number of nitrogens with one attached hydrogen (secondary N) is 1. The number of amides is 1. The lowest BCUT2D eigenvalue weighted by Crippen LogP contribution is -2.47. The van der Waals surface area contributed by atoms with E-state index in [1.54, 1.807) is 18.6 Å². The van der Waals surface area contributed by atoms with Gasteiger partial charge in [-0.25, -0.2) is 4.98 Å². The summed E-state index contributed by atoms with van der Waals surface area (Å²) in [5.74, 6) is 0.0249. The molecule has 0 unspecified atom stereocenters. The number of carbonyl (C=O) groups excluding carboxylic acids is 1. The van der Waals surface area contributed by atoms with E-state index >= 15 is 0 Å². The predicted octanol–water partition coefficient (Wildman–Crippen LogP) is 1.08. The molecule has 2 saturated heterocycles. The smallest absolute Gasteiger partial charge is 0.274 e. The first-order valence-electron chi connectivity index (χ1n) is 7.05. The number of rotatable bonds is 1. The predicted molar refractivity (Wildman–Crippen MR) is 71.7 cm³/mol. The van der Waals surface area contributed by atoms with Crippen molar-refractivity contribution < 1.29 is 4.79 Å². The van der Waals surface area contributed by atoms with Crippen molar-refractivity contribution in [2.75, 3.05) is 26.2 Å². The number of aromatic nitrogens is 2. The lowest BCUT2D eigenvalue weighted by molar-refractivity contribution is 0.0490. The molecule has 102 valence electrons. The maximum absolute atomic E-state index is 12.3. The third kappa shape index (κ3) is 2.61. The van der Waals surface area contributed by atoms with Crippen LogP contribution in [0.1, 0.15) is 36.2 Å². The Labute approximate surface area is 113 Å². The van der Waals surface area contributed by atoms with Crippen LogP contribution in [-0.4, -0.2) is 47.0 Å². The zero-order valence-corrected chi connectivity index (χ0v) is 11.1. The van der Waals surface area contributed by atoms with E-state index < -0.39 is 0 Å². The van der Waals surface area contributed by atoms with Gasteiger partial charge in [-0.05, 0) is 44.2 Å². The quantitative estimate of drug-likeness (QED) is 0.821. The van der Waals surface area contributed by atoms with Gasteiger partial charge in [-0.2, -0.15) is 0 Å². The van der Waals surface area contributed by atoms with E-state index in [9.17, 15) is 4.79 Å².